The predicted molar refractivity (Wildman–Crippen MR) is 157 cm³/mol. The van der Waals surface area contributed by atoms with Crippen molar-refractivity contribution in [3.8, 4) is 11.4 Å². The van der Waals surface area contributed by atoms with E-state index in [1.54, 1.807) is 31.0 Å². The summed E-state index contributed by atoms with van der Waals surface area (Å²) in [7, 11) is 1.70. The molecule has 1 aliphatic rings. The van der Waals surface area contributed by atoms with Crippen LogP contribution < -0.4 is 4.90 Å². The Morgan fingerprint density at radius 3 is 2.35 bits per heavy atom. The molecule has 1 saturated heterocycles. The van der Waals surface area contributed by atoms with Gasteiger partial charge in [-0.15, -0.1) is 10.2 Å². The molecule has 7 nitrogen and oxygen atoms in total. The van der Waals surface area contributed by atoms with Gasteiger partial charge < -0.3 is 14.5 Å². The second-order valence-electron chi connectivity index (χ2n) is 10.1. The topological polar surface area (TPSA) is 63.5 Å². The number of ether oxygens (including phenoxy) is 1. The number of para-hydroxylation sites is 1. The van der Waals surface area contributed by atoms with Crippen molar-refractivity contribution < 1.29 is 13.9 Å². The van der Waals surface area contributed by atoms with E-state index in [1.807, 2.05) is 40.1 Å². The minimum atomic E-state index is -0.228. The van der Waals surface area contributed by atoms with E-state index in [4.69, 9.17) is 4.74 Å². The number of hydrogen-bond donors (Lipinski definition) is 0. The number of amides is 1. The molecule has 0 bridgehead atoms. The Kier molecular flexibility index (Phi) is 8.81. The van der Waals surface area contributed by atoms with Crippen molar-refractivity contribution in [2.75, 3.05) is 44.8 Å². The Hall–Kier alpha value is -3.69. The van der Waals surface area contributed by atoms with Gasteiger partial charge in [-0.3, -0.25) is 9.36 Å². The Labute approximate surface area is 239 Å². The van der Waals surface area contributed by atoms with Crippen LogP contribution in [0.15, 0.2) is 78.0 Å². The standard InChI is InChI=1S/C31H34FN5O2S/c1-22-8-12-25(13-9-22)29-33-34-31(37(29)23(2)20-39-3)40-21-24-10-14-26(15-11-24)30(38)36-18-16-35(17-19-36)28-7-5-4-6-27(28)32/h4-15,23H,16-21H2,1-3H3. The van der Waals surface area contributed by atoms with Crippen molar-refractivity contribution in [3.63, 3.8) is 0 Å². The SMILES string of the molecule is COCC(C)n1c(SCc2ccc(C(=O)N3CCN(c4ccccc4F)CC3)cc2)nnc1-c1ccc(C)cc1. The highest BCUT2D eigenvalue weighted by Gasteiger charge is 2.24. The summed E-state index contributed by atoms with van der Waals surface area (Å²) >= 11 is 1.62. The molecule has 5 rings (SSSR count). The summed E-state index contributed by atoms with van der Waals surface area (Å²) in [6, 6.07) is 22.9. The maximum absolute atomic E-state index is 14.2. The molecule has 40 heavy (non-hydrogen) atoms. The van der Waals surface area contributed by atoms with Gasteiger partial charge in [0.25, 0.3) is 5.91 Å². The van der Waals surface area contributed by atoms with E-state index >= 15 is 0 Å². The van der Waals surface area contributed by atoms with Crippen molar-refractivity contribution in [1.82, 2.24) is 19.7 Å². The molecule has 3 aromatic carbocycles. The zero-order valence-corrected chi connectivity index (χ0v) is 23.9. The number of benzene rings is 3. The number of aryl methyl sites for hydroxylation is 1. The quantitative estimate of drug-likeness (QED) is 0.240. The summed E-state index contributed by atoms with van der Waals surface area (Å²) < 4.78 is 21.7. The van der Waals surface area contributed by atoms with Crippen LogP contribution in [0, 0.1) is 12.7 Å². The molecule has 1 aliphatic heterocycles. The highest BCUT2D eigenvalue weighted by Crippen LogP contribution is 2.30. The molecule has 1 amide bonds. The third-order valence-corrected chi connectivity index (χ3v) is 8.17. The Morgan fingerprint density at radius 1 is 0.975 bits per heavy atom. The Bertz CT molecular complexity index is 1430. The molecule has 0 N–H and O–H groups in total. The van der Waals surface area contributed by atoms with Gasteiger partial charge in [-0.05, 0) is 43.7 Å². The molecule has 0 aliphatic carbocycles. The summed E-state index contributed by atoms with van der Waals surface area (Å²) in [6.45, 7) is 7.05. The number of carbonyl (C=O) groups excluding carboxylic acids is 1. The number of nitrogens with zero attached hydrogens (tertiary/aromatic N) is 5. The van der Waals surface area contributed by atoms with E-state index < -0.39 is 0 Å². The second-order valence-corrected chi connectivity index (χ2v) is 11.0. The van der Waals surface area contributed by atoms with Gasteiger partial charge in [0.2, 0.25) is 0 Å². The number of carbonyl (C=O) groups is 1. The lowest BCUT2D eigenvalue weighted by molar-refractivity contribution is 0.0746. The van der Waals surface area contributed by atoms with Gasteiger partial charge in [0.1, 0.15) is 5.82 Å². The molecule has 0 spiro atoms. The monoisotopic (exact) mass is 559 g/mol. The molecule has 0 saturated carbocycles. The van der Waals surface area contributed by atoms with Gasteiger partial charge in [0.05, 0.1) is 18.3 Å². The fourth-order valence-corrected chi connectivity index (χ4v) is 5.91. The first-order chi connectivity index (χ1) is 19.4. The normalized spacial score (nSPS) is 14.4. The molecule has 1 atom stereocenters. The molecule has 4 aromatic rings. The molecule has 9 heteroatoms. The molecular weight excluding hydrogens is 525 g/mol. The molecule has 0 radical (unpaired) electrons. The number of piperazine rings is 1. The first-order valence-corrected chi connectivity index (χ1v) is 14.4. The van der Waals surface area contributed by atoms with E-state index in [0.29, 0.717) is 49.8 Å². The number of anilines is 1. The van der Waals surface area contributed by atoms with E-state index in [2.05, 4.69) is 52.9 Å². The molecule has 1 fully saturated rings. The first kappa shape index (κ1) is 27.9. The number of aromatic nitrogens is 3. The predicted octanol–water partition coefficient (Wildman–Crippen LogP) is 5.85. The van der Waals surface area contributed by atoms with Crippen LogP contribution in [0.25, 0.3) is 11.4 Å². The lowest BCUT2D eigenvalue weighted by Crippen LogP contribution is -2.49. The van der Waals surface area contributed by atoms with Crippen molar-refractivity contribution in [2.24, 2.45) is 0 Å². The molecule has 2 heterocycles. The zero-order chi connectivity index (χ0) is 28.1. The van der Waals surface area contributed by atoms with Gasteiger partial charge in [-0.25, -0.2) is 4.39 Å². The van der Waals surface area contributed by atoms with Crippen LogP contribution in [0.5, 0.6) is 0 Å². The number of hydrogen-bond acceptors (Lipinski definition) is 6. The minimum absolute atomic E-state index is 0.00302. The summed E-state index contributed by atoms with van der Waals surface area (Å²) in [6.07, 6.45) is 0. The van der Waals surface area contributed by atoms with Crippen LogP contribution in [-0.4, -0.2) is 65.5 Å². The Balaban J connectivity index is 1.22. The maximum Gasteiger partial charge on any atom is 0.253 e. The van der Waals surface area contributed by atoms with E-state index in [9.17, 15) is 9.18 Å². The highest BCUT2D eigenvalue weighted by molar-refractivity contribution is 7.98. The van der Waals surface area contributed by atoms with Crippen LogP contribution in [0.1, 0.15) is 34.5 Å². The summed E-state index contributed by atoms with van der Waals surface area (Å²) in [5.74, 6) is 1.29. The third kappa shape index (κ3) is 6.21. The molecule has 1 aromatic heterocycles. The number of rotatable bonds is 9. The van der Waals surface area contributed by atoms with Gasteiger partial charge in [-0.2, -0.15) is 0 Å². The van der Waals surface area contributed by atoms with Gasteiger partial charge >= 0.3 is 0 Å². The Morgan fingerprint density at radius 2 is 1.68 bits per heavy atom. The van der Waals surface area contributed by atoms with Crippen molar-refractivity contribution in [1.29, 1.82) is 0 Å². The maximum atomic E-state index is 14.2. The van der Waals surface area contributed by atoms with Gasteiger partial charge in [0, 0.05) is 50.2 Å². The van der Waals surface area contributed by atoms with E-state index in [1.165, 1.54) is 11.6 Å². The van der Waals surface area contributed by atoms with Gasteiger partial charge in [0.15, 0.2) is 11.0 Å². The number of halogens is 1. The molecular formula is C31H34FN5O2S. The summed E-state index contributed by atoms with van der Waals surface area (Å²) in [4.78, 5) is 17.0. The van der Waals surface area contributed by atoms with E-state index in [-0.39, 0.29) is 17.8 Å². The van der Waals surface area contributed by atoms with Crippen molar-refractivity contribution >= 4 is 23.4 Å². The lowest BCUT2D eigenvalue weighted by Gasteiger charge is -2.36. The van der Waals surface area contributed by atoms with Crippen LogP contribution in [0.2, 0.25) is 0 Å². The first-order valence-electron chi connectivity index (χ1n) is 13.5. The fraction of sp³-hybridized carbons (Fsp3) is 0.323. The molecule has 208 valence electrons. The van der Waals surface area contributed by atoms with E-state index in [0.717, 1.165) is 22.1 Å². The average Bonchev–Trinajstić information content (AvgIpc) is 3.41. The van der Waals surface area contributed by atoms with Crippen molar-refractivity contribution in [3.05, 3.63) is 95.3 Å². The summed E-state index contributed by atoms with van der Waals surface area (Å²) in [5, 5.41) is 9.85. The van der Waals surface area contributed by atoms with Gasteiger partial charge in [-0.1, -0.05) is 65.9 Å². The van der Waals surface area contributed by atoms with Crippen LogP contribution in [-0.2, 0) is 10.5 Å². The second kappa shape index (κ2) is 12.7. The van der Waals surface area contributed by atoms with Crippen molar-refractivity contribution in [2.45, 2.75) is 30.8 Å². The number of methoxy groups -OCH3 is 1. The zero-order valence-electron chi connectivity index (χ0n) is 23.1. The van der Waals surface area contributed by atoms with Crippen LogP contribution in [0.3, 0.4) is 0 Å². The smallest absolute Gasteiger partial charge is 0.253 e. The minimum Gasteiger partial charge on any atom is -0.383 e. The largest absolute Gasteiger partial charge is 0.383 e. The average molecular weight is 560 g/mol. The lowest BCUT2D eigenvalue weighted by atomic mass is 10.1. The fourth-order valence-electron chi connectivity index (χ4n) is 4.92. The van der Waals surface area contributed by atoms with Crippen LogP contribution >= 0.6 is 11.8 Å². The third-order valence-electron chi connectivity index (χ3n) is 7.15. The number of thioether (sulfide) groups is 1. The molecule has 1 unspecified atom stereocenters. The van der Waals surface area contributed by atoms with Crippen LogP contribution in [0.4, 0.5) is 10.1 Å². The summed E-state index contributed by atoms with van der Waals surface area (Å²) in [5.41, 5.74) is 4.56. The highest BCUT2D eigenvalue weighted by atomic mass is 32.2.